The van der Waals surface area contributed by atoms with Gasteiger partial charge in [-0.1, -0.05) is 18.2 Å². The van der Waals surface area contributed by atoms with Crippen molar-refractivity contribution in [2.24, 2.45) is 0 Å². The largest absolute Gasteiger partial charge is 0.465 e. The van der Waals surface area contributed by atoms with Gasteiger partial charge >= 0.3 is 11.9 Å². The number of nitrogens with zero attached hydrogens (tertiary/aromatic N) is 4. The summed E-state index contributed by atoms with van der Waals surface area (Å²) in [6, 6.07) is 7.61. The lowest BCUT2D eigenvalue weighted by molar-refractivity contribution is -0.139. The first-order valence-corrected chi connectivity index (χ1v) is 9.71. The smallest absolute Gasteiger partial charge is 0.355 e. The molecule has 0 amide bonds. The Morgan fingerprint density at radius 2 is 1.87 bits per heavy atom. The van der Waals surface area contributed by atoms with E-state index in [4.69, 9.17) is 9.47 Å². The van der Waals surface area contributed by atoms with Crippen molar-refractivity contribution < 1.29 is 19.1 Å². The average Bonchev–Trinajstić information content (AvgIpc) is 3.10. The Bertz CT molecular complexity index is 1080. The predicted octanol–water partition coefficient (Wildman–Crippen LogP) is 2.77. The van der Waals surface area contributed by atoms with Crippen molar-refractivity contribution >= 4 is 17.6 Å². The van der Waals surface area contributed by atoms with Gasteiger partial charge in [-0.2, -0.15) is 0 Å². The maximum absolute atomic E-state index is 12.6. The van der Waals surface area contributed by atoms with E-state index < -0.39 is 11.9 Å². The Labute approximate surface area is 174 Å². The molecule has 0 saturated heterocycles. The lowest BCUT2D eigenvalue weighted by Crippen LogP contribution is -2.27. The number of carbonyl (C=O) groups is 2. The van der Waals surface area contributed by atoms with Crippen molar-refractivity contribution in [3.8, 4) is 11.4 Å². The SMILES string of the molecule is COC(=O)C1=C(C(=O)OC)N(c2cccc(-c3nnc4n3CCCC4)c2)C=CC=C1. The molecule has 2 aliphatic heterocycles. The predicted molar refractivity (Wildman–Crippen MR) is 110 cm³/mol. The number of hydrogen-bond acceptors (Lipinski definition) is 7. The van der Waals surface area contributed by atoms with Crippen LogP contribution in [0.5, 0.6) is 0 Å². The van der Waals surface area contributed by atoms with E-state index in [-0.39, 0.29) is 11.3 Å². The van der Waals surface area contributed by atoms with Crippen molar-refractivity contribution in [2.75, 3.05) is 19.1 Å². The number of allylic oxidation sites excluding steroid dienone is 2. The number of rotatable bonds is 4. The van der Waals surface area contributed by atoms with Crippen molar-refractivity contribution in [2.45, 2.75) is 25.8 Å². The molecule has 1 aromatic heterocycles. The number of esters is 2. The highest BCUT2D eigenvalue weighted by atomic mass is 16.5. The second-order valence-electron chi connectivity index (χ2n) is 6.91. The standard InChI is InChI=1S/C22H22N4O4/c1-29-21(27)17-10-3-5-12-25(19(17)22(28)30-2)16-9-7-8-15(14-16)20-24-23-18-11-4-6-13-26(18)20/h3,5,7-10,12,14H,4,6,11,13H2,1-2H3. The fraction of sp³-hybridized carbons (Fsp3) is 0.273. The Balaban J connectivity index is 1.81. The third-order valence-corrected chi connectivity index (χ3v) is 5.13. The first kappa shape index (κ1) is 19.6. The summed E-state index contributed by atoms with van der Waals surface area (Å²) in [6.45, 7) is 0.884. The second kappa shape index (κ2) is 8.36. The molecule has 1 aromatic carbocycles. The molecule has 0 saturated carbocycles. The summed E-state index contributed by atoms with van der Waals surface area (Å²) in [5.41, 5.74) is 1.75. The lowest BCUT2D eigenvalue weighted by atomic mass is 10.1. The Morgan fingerprint density at radius 1 is 1.03 bits per heavy atom. The van der Waals surface area contributed by atoms with Crippen LogP contribution in [0.4, 0.5) is 5.69 Å². The van der Waals surface area contributed by atoms with Crippen LogP contribution in [0, 0.1) is 0 Å². The van der Waals surface area contributed by atoms with E-state index in [2.05, 4.69) is 14.8 Å². The van der Waals surface area contributed by atoms with Gasteiger partial charge in [-0.05, 0) is 37.1 Å². The number of anilines is 1. The van der Waals surface area contributed by atoms with Crippen molar-refractivity contribution in [3.05, 3.63) is 65.8 Å². The van der Waals surface area contributed by atoms with Gasteiger partial charge in [0.1, 0.15) is 11.5 Å². The zero-order valence-corrected chi connectivity index (χ0v) is 16.9. The summed E-state index contributed by atoms with van der Waals surface area (Å²) in [5.74, 6) is 0.517. The number of aryl methyl sites for hydroxylation is 1. The fourth-order valence-electron chi connectivity index (χ4n) is 3.68. The molecule has 0 bridgehead atoms. The van der Waals surface area contributed by atoms with Gasteiger partial charge in [0.2, 0.25) is 0 Å². The summed E-state index contributed by atoms with van der Waals surface area (Å²) in [4.78, 5) is 26.6. The number of benzene rings is 1. The number of hydrogen-bond donors (Lipinski definition) is 0. The summed E-state index contributed by atoms with van der Waals surface area (Å²) in [5, 5.41) is 8.71. The first-order valence-electron chi connectivity index (χ1n) is 9.71. The van der Waals surface area contributed by atoms with Crippen LogP contribution in [0.1, 0.15) is 18.7 Å². The number of carbonyl (C=O) groups excluding carboxylic acids is 2. The van der Waals surface area contributed by atoms with E-state index in [0.29, 0.717) is 5.69 Å². The molecule has 8 nitrogen and oxygen atoms in total. The van der Waals surface area contributed by atoms with E-state index >= 15 is 0 Å². The van der Waals surface area contributed by atoms with Gasteiger partial charge < -0.3 is 18.9 Å². The topological polar surface area (TPSA) is 86.6 Å². The highest BCUT2D eigenvalue weighted by Gasteiger charge is 2.28. The Morgan fingerprint density at radius 3 is 2.67 bits per heavy atom. The fourth-order valence-corrected chi connectivity index (χ4v) is 3.68. The molecule has 0 unspecified atom stereocenters. The van der Waals surface area contributed by atoms with Crippen LogP contribution in [-0.4, -0.2) is 40.9 Å². The second-order valence-corrected chi connectivity index (χ2v) is 6.91. The zero-order chi connectivity index (χ0) is 21.1. The molecule has 0 aliphatic carbocycles. The van der Waals surface area contributed by atoms with E-state index in [1.165, 1.54) is 20.3 Å². The summed E-state index contributed by atoms with van der Waals surface area (Å²) >= 11 is 0. The van der Waals surface area contributed by atoms with Crippen LogP contribution in [0.3, 0.4) is 0 Å². The summed E-state index contributed by atoms with van der Waals surface area (Å²) in [6.07, 6.45) is 9.79. The molecule has 0 N–H and O–H groups in total. The molecule has 0 radical (unpaired) electrons. The van der Waals surface area contributed by atoms with E-state index in [9.17, 15) is 9.59 Å². The number of ether oxygens (including phenoxy) is 2. The molecule has 2 aromatic rings. The average molecular weight is 406 g/mol. The molecule has 3 heterocycles. The van der Waals surface area contributed by atoms with Crippen molar-refractivity contribution in [1.82, 2.24) is 14.8 Å². The van der Waals surface area contributed by atoms with Crippen LogP contribution in [0.25, 0.3) is 11.4 Å². The molecule has 0 atom stereocenters. The quantitative estimate of drug-likeness (QED) is 0.722. The molecule has 0 fully saturated rings. The minimum atomic E-state index is -0.642. The van der Waals surface area contributed by atoms with Crippen molar-refractivity contribution in [3.63, 3.8) is 0 Å². The molecule has 154 valence electrons. The van der Waals surface area contributed by atoms with Crippen LogP contribution < -0.4 is 4.90 Å². The summed E-state index contributed by atoms with van der Waals surface area (Å²) < 4.78 is 12.0. The lowest BCUT2D eigenvalue weighted by Gasteiger charge is -2.23. The first-order chi connectivity index (χ1) is 14.6. The maximum atomic E-state index is 12.6. The number of methoxy groups -OCH3 is 2. The molecule has 30 heavy (non-hydrogen) atoms. The third-order valence-electron chi connectivity index (χ3n) is 5.13. The highest BCUT2D eigenvalue weighted by Crippen LogP contribution is 2.30. The van der Waals surface area contributed by atoms with Crippen LogP contribution >= 0.6 is 0 Å². The number of aromatic nitrogens is 3. The molecule has 2 aliphatic rings. The van der Waals surface area contributed by atoms with Gasteiger partial charge in [0.25, 0.3) is 0 Å². The van der Waals surface area contributed by atoms with E-state index in [1.54, 1.807) is 23.3 Å². The van der Waals surface area contributed by atoms with Gasteiger partial charge in [0, 0.05) is 30.4 Å². The van der Waals surface area contributed by atoms with Gasteiger partial charge in [-0.25, -0.2) is 9.59 Å². The van der Waals surface area contributed by atoms with Crippen LogP contribution in [-0.2, 0) is 32.0 Å². The monoisotopic (exact) mass is 406 g/mol. The third kappa shape index (κ3) is 3.52. The zero-order valence-electron chi connectivity index (χ0n) is 16.9. The van der Waals surface area contributed by atoms with Gasteiger partial charge in [-0.3, -0.25) is 0 Å². The Kier molecular flexibility index (Phi) is 5.47. The maximum Gasteiger partial charge on any atom is 0.355 e. The molecular formula is C22H22N4O4. The minimum Gasteiger partial charge on any atom is -0.465 e. The summed E-state index contributed by atoms with van der Waals surface area (Å²) in [7, 11) is 2.55. The highest BCUT2D eigenvalue weighted by molar-refractivity contribution is 6.05. The molecule has 8 heteroatoms. The van der Waals surface area contributed by atoms with Crippen LogP contribution in [0.15, 0.2) is 60.0 Å². The van der Waals surface area contributed by atoms with Crippen molar-refractivity contribution in [1.29, 1.82) is 0 Å². The van der Waals surface area contributed by atoms with Gasteiger partial charge in [-0.15, -0.1) is 10.2 Å². The minimum absolute atomic E-state index is 0.0785. The van der Waals surface area contributed by atoms with Gasteiger partial charge in [0.05, 0.1) is 19.8 Å². The molecule has 0 spiro atoms. The van der Waals surface area contributed by atoms with Gasteiger partial charge in [0.15, 0.2) is 5.82 Å². The Hall–Kier alpha value is -3.68. The molecular weight excluding hydrogens is 384 g/mol. The van der Waals surface area contributed by atoms with E-state index in [0.717, 1.165) is 43.0 Å². The molecule has 4 rings (SSSR count). The van der Waals surface area contributed by atoms with E-state index in [1.807, 2.05) is 24.3 Å². The van der Waals surface area contributed by atoms with Crippen LogP contribution in [0.2, 0.25) is 0 Å². The number of fused-ring (bicyclic) bond motifs is 1. The normalized spacial score (nSPS) is 15.6.